The molecule has 0 saturated heterocycles. The Balaban J connectivity index is 0.000000152. The Morgan fingerprint density at radius 2 is 1.83 bits per heavy atom. The highest BCUT2D eigenvalue weighted by atomic mass is 32.2. The molecule has 0 saturated carbocycles. The Morgan fingerprint density at radius 3 is 2.61 bits per heavy atom. The number of nitrogens with zero attached hydrogens (tertiary/aromatic N) is 6. The summed E-state index contributed by atoms with van der Waals surface area (Å²) in [7, 11) is 0. The van der Waals surface area contributed by atoms with Gasteiger partial charge in [0.25, 0.3) is 5.78 Å². The second-order valence-electron chi connectivity index (χ2n) is 8.02. The van der Waals surface area contributed by atoms with E-state index >= 15 is 0 Å². The molecule has 3 aromatic heterocycles. The van der Waals surface area contributed by atoms with Crippen LogP contribution < -0.4 is 0 Å². The van der Waals surface area contributed by atoms with Crippen molar-refractivity contribution < 1.29 is 14.7 Å². The minimum absolute atomic E-state index is 0.151. The van der Waals surface area contributed by atoms with Crippen molar-refractivity contribution in [2.24, 2.45) is 4.99 Å². The summed E-state index contributed by atoms with van der Waals surface area (Å²) in [4.78, 5) is 35.5. The van der Waals surface area contributed by atoms with E-state index in [1.807, 2.05) is 42.5 Å². The van der Waals surface area contributed by atoms with Crippen molar-refractivity contribution >= 4 is 44.6 Å². The molecule has 0 fully saturated rings. The van der Waals surface area contributed by atoms with Crippen molar-refractivity contribution in [2.45, 2.75) is 18.9 Å². The highest BCUT2D eigenvalue weighted by Gasteiger charge is 2.27. The maximum absolute atomic E-state index is 12.0. The largest absolute Gasteiger partial charge is 0.478 e. The first kappa shape index (κ1) is 23.3. The molecule has 0 bridgehead atoms. The number of carbonyl (C=O) groups is 2. The minimum atomic E-state index is -0.958. The number of thioether (sulfide) groups is 1. The molecule has 4 heterocycles. The van der Waals surface area contributed by atoms with E-state index in [1.165, 1.54) is 18.1 Å². The third-order valence-electron chi connectivity index (χ3n) is 5.55. The van der Waals surface area contributed by atoms with Crippen molar-refractivity contribution in [3.63, 3.8) is 0 Å². The van der Waals surface area contributed by atoms with E-state index in [0.29, 0.717) is 18.6 Å². The minimum Gasteiger partial charge on any atom is -0.478 e. The number of benzene rings is 2. The lowest BCUT2D eigenvalue weighted by atomic mass is 10.1. The Hall–Kier alpha value is -4.44. The van der Waals surface area contributed by atoms with Gasteiger partial charge in [0, 0.05) is 36.8 Å². The van der Waals surface area contributed by atoms with Crippen LogP contribution in [-0.4, -0.2) is 51.8 Å². The van der Waals surface area contributed by atoms with Crippen molar-refractivity contribution in [3.05, 3.63) is 102 Å². The fraction of sp³-hybridized carbons (Fsp3) is 0.115. The monoisotopic (exact) mass is 496 g/mol. The molecule has 0 amide bonds. The van der Waals surface area contributed by atoms with Gasteiger partial charge in [0.05, 0.1) is 16.1 Å². The average molecular weight is 497 g/mol. The maximum atomic E-state index is 12.0. The number of hydrogen-bond acceptors (Lipinski definition) is 8. The van der Waals surface area contributed by atoms with Gasteiger partial charge < -0.3 is 5.11 Å². The summed E-state index contributed by atoms with van der Waals surface area (Å²) in [6.45, 7) is 0. The van der Waals surface area contributed by atoms with Crippen LogP contribution in [-0.2, 0) is 17.6 Å². The van der Waals surface area contributed by atoms with Crippen molar-refractivity contribution in [2.75, 3.05) is 0 Å². The number of pyridine rings is 1. The highest BCUT2D eigenvalue weighted by Crippen LogP contribution is 2.25. The van der Waals surface area contributed by atoms with Crippen molar-refractivity contribution in [1.82, 2.24) is 24.6 Å². The lowest BCUT2D eigenvalue weighted by Crippen LogP contribution is -2.13. The number of carboxylic acid groups (broad SMARTS) is 1. The zero-order valence-electron chi connectivity index (χ0n) is 18.9. The number of aromatic carboxylic acids is 1. The normalized spacial score (nSPS) is 14.9. The van der Waals surface area contributed by atoms with Gasteiger partial charge in [-0.15, -0.1) is 10.2 Å². The first-order chi connectivity index (χ1) is 17.6. The molecule has 1 atom stereocenters. The molecular formula is C26H20N6O3S. The molecule has 9 nitrogen and oxygen atoms in total. The molecule has 1 aliphatic rings. The molecule has 1 unspecified atom stereocenters. The van der Waals surface area contributed by atoms with E-state index in [2.05, 4.69) is 25.2 Å². The van der Waals surface area contributed by atoms with Gasteiger partial charge >= 0.3 is 5.97 Å². The summed E-state index contributed by atoms with van der Waals surface area (Å²) >= 11 is 1.28. The highest BCUT2D eigenvalue weighted by molar-refractivity contribution is 8.26. The summed E-state index contributed by atoms with van der Waals surface area (Å²) in [6.07, 6.45) is 8.08. The second kappa shape index (κ2) is 10.4. The molecule has 0 aliphatic carbocycles. The van der Waals surface area contributed by atoms with Gasteiger partial charge in [-0.1, -0.05) is 36.4 Å². The Labute approximate surface area is 210 Å². The molecule has 0 radical (unpaired) electrons. The van der Waals surface area contributed by atoms with Crippen LogP contribution >= 0.6 is 11.8 Å². The van der Waals surface area contributed by atoms with E-state index in [9.17, 15) is 9.59 Å². The first-order valence-electron chi connectivity index (χ1n) is 11.1. The van der Waals surface area contributed by atoms with Gasteiger partial charge in [-0.05, 0) is 47.2 Å². The van der Waals surface area contributed by atoms with Gasteiger partial charge in [0.1, 0.15) is 12.4 Å². The SMILES string of the molecule is O=C(O)c1ccc2cnc3nncn3c2c1.O=C1SC(Cc2ccncc2)=NC1Cc1ccccc1. The lowest BCUT2D eigenvalue weighted by Gasteiger charge is -2.03. The molecule has 0 spiro atoms. The van der Waals surface area contributed by atoms with Crippen LogP contribution in [0.15, 0.2) is 90.6 Å². The standard InChI is InChI=1S/C16H14N2OS.C10H6N4O2/c19-16-14(10-12-4-2-1-3-5-12)18-15(20-16)11-13-6-8-17-9-7-13;15-9(16)6-1-2-7-4-11-10-13-12-5-14(10)8(7)3-6/h1-9,14H,10-11H2;1-5H,(H,15,16). The number of carbonyl (C=O) groups excluding carboxylic acids is 1. The Kier molecular flexibility index (Phi) is 6.76. The quantitative estimate of drug-likeness (QED) is 0.389. The number of fused-ring (bicyclic) bond motifs is 3. The molecule has 10 heteroatoms. The molecule has 6 rings (SSSR count). The molecule has 1 N–H and O–H groups in total. The van der Waals surface area contributed by atoms with E-state index in [0.717, 1.165) is 27.1 Å². The van der Waals surface area contributed by atoms with Crippen LogP contribution in [0.3, 0.4) is 0 Å². The van der Waals surface area contributed by atoms with Crippen molar-refractivity contribution in [3.8, 4) is 0 Å². The Morgan fingerprint density at radius 1 is 1.03 bits per heavy atom. The van der Waals surface area contributed by atoms with Crippen LogP contribution in [0.1, 0.15) is 21.5 Å². The van der Waals surface area contributed by atoms with Crippen LogP contribution in [0.2, 0.25) is 0 Å². The molecule has 5 aromatic rings. The molecule has 36 heavy (non-hydrogen) atoms. The second-order valence-corrected chi connectivity index (χ2v) is 9.10. The Bertz CT molecular complexity index is 1570. The van der Waals surface area contributed by atoms with Crippen LogP contribution in [0.4, 0.5) is 0 Å². The summed E-state index contributed by atoms with van der Waals surface area (Å²) in [5.74, 6) is -0.505. The topological polar surface area (TPSA) is 123 Å². The molecular weight excluding hydrogens is 476 g/mol. The fourth-order valence-electron chi connectivity index (χ4n) is 3.77. The molecule has 2 aromatic carbocycles. The van der Waals surface area contributed by atoms with Crippen LogP contribution in [0.25, 0.3) is 16.7 Å². The zero-order valence-corrected chi connectivity index (χ0v) is 19.7. The number of aliphatic imine (C=N–C) groups is 1. The predicted octanol–water partition coefficient (Wildman–Crippen LogP) is 3.88. The van der Waals surface area contributed by atoms with E-state index in [1.54, 1.807) is 41.2 Å². The fourth-order valence-corrected chi connectivity index (χ4v) is 4.69. The average Bonchev–Trinajstić information content (AvgIpc) is 3.52. The van der Waals surface area contributed by atoms with E-state index in [-0.39, 0.29) is 16.7 Å². The van der Waals surface area contributed by atoms with E-state index in [4.69, 9.17) is 5.11 Å². The van der Waals surface area contributed by atoms with Gasteiger partial charge in [-0.3, -0.25) is 19.2 Å². The van der Waals surface area contributed by atoms with Gasteiger partial charge in [0.15, 0.2) is 0 Å². The summed E-state index contributed by atoms with van der Waals surface area (Å²) in [5, 5.41) is 18.3. The van der Waals surface area contributed by atoms with Crippen LogP contribution in [0, 0.1) is 0 Å². The first-order valence-corrected chi connectivity index (χ1v) is 11.9. The number of rotatable bonds is 5. The molecule has 1 aliphatic heterocycles. The molecule has 178 valence electrons. The third-order valence-corrected chi connectivity index (χ3v) is 6.51. The van der Waals surface area contributed by atoms with Crippen molar-refractivity contribution in [1.29, 1.82) is 0 Å². The van der Waals surface area contributed by atoms with Gasteiger partial charge in [0.2, 0.25) is 5.12 Å². The summed E-state index contributed by atoms with van der Waals surface area (Å²) < 4.78 is 1.65. The van der Waals surface area contributed by atoms with Gasteiger partial charge in [-0.25, -0.2) is 9.78 Å². The number of aromatic nitrogens is 5. The summed E-state index contributed by atoms with van der Waals surface area (Å²) in [6, 6.07) is 18.5. The predicted molar refractivity (Wildman–Crippen MR) is 137 cm³/mol. The third kappa shape index (κ3) is 5.28. The van der Waals surface area contributed by atoms with Gasteiger partial charge in [-0.2, -0.15) is 0 Å². The van der Waals surface area contributed by atoms with Crippen LogP contribution in [0.5, 0.6) is 0 Å². The lowest BCUT2D eigenvalue weighted by molar-refractivity contribution is -0.111. The smallest absolute Gasteiger partial charge is 0.335 e. The number of carboxylic acids is 1. The maximum Gasteiger partial charge on any atom is 0.335 e. The van der Waals surface area contributed by atoms with E-state index < -0.39 is 5.97 Å². The summed E-state index contributed by atoms with van der Waals surface area (Å²) in [5.41, 5.74) is 3.25. The number of hydrogen-bond donors (Lipinski definition) is 1. The zero-order chi connectivity index (χ0) is 24.9.